The number of nitrogens with zero attached hydrogens (tertiary/aromatic N) is 1. The number of methoxy groups -OCH3 is 1. The first kappa shape index (κ1) is 16.3. The lowest BCUT2D eigenvalue weighted by Crippen LogP contribution is -2.38. The summed E-state index contributed by atoms with van der Waals surface area (Å²) >= 11 is 0. The lowest BCUT2D eigenvalue weighted by atomic mass is 10.4. The third-order valence-corrected chi connectivity index (χ3v) is 3.59. The maximum atomic E-state index is 12.0. The van der Waals surface area contributed by atoms with E-state index in [1.807, 2.05) is 0 Å². The molecule has 112 valence electrons. The average molecular weight is 303 g/mol. The number of sulfonamides is 1. The van der Waals surface area contributed by atoms with Crippen molar-refractivity contribution in [3.63, 3.8) is 0 Å². The fourth-order valence-electron chi connectivity index (χ4n) is 1.30. The molecule has 5 N–H and O–H groups in total. The molecule has 0 fully saturated rings. The van der Waals surface area contributed by atoms with E-state index in [0.717, 1.165) is 0 Å². The standard InChI is InChI=1S/C10H17N5O4S/c1-19-6-5-12-9(16)7-14-20(17,18)10-8(15-11)3-2-4-13-10/h2-4,14-15H,5-7,11H2,1H3,(H,12,16). The molecule has 10 heteroatoms. The molecule has 0 aliphatic rings. The van der Waals surface area contributed by atoms with Gasteiger partial charge in [0.25, 0.3) is 10.0 Å². The summed E-state index contributed by atoms with van der Waals surface area (Å²) in [5.74, 6) is 4.74. The highest BCUT2D eigenvalue weighted by Crippen LogP contribution is 2.15. The highest BCUT2D eigenvalue weighted by Gasteiger charge is 2.20. The molecule has 0 unspecified atom stereocenters. The third-order valence-electron chi connectivity index (χ3n) is 2.23. The number of carbonyl (C=O) groups excluding carboxylic acids is 1. The molecular weight excluding hydrogens is 286 g/mol. The Morgan fingerprint density at radius 1 is 1.50 bits per heavy atom. The van der Waals surface area contributed by atoms with E-state index in [0.29, 0.717) is 13.2 Å². The number of carbonyl (C=O) groups is 1. The SMILES string of the molecule is COCCNC(=O)CNS(=O)(=O)c1ncccc1NN. The van der Waals surface area contributed by atoms with Gasteiger partial charge in [-0.05, 0) is 12.1 Å². The Kier molecular flexibility index (Phi) is 6.31. The minimum Gasteiger partial charge on any atom is -0.383 e. The molecule has 1 amide bonds. The summed E-state index contributed by atoms with van der Waals surface area (Å²) < 4.78 is 30.8. The maximum absolute atomic E-state index is 12.0. The fraction of sp³-hybridized carbons (Fsp3) is 0.400. The molecule has 0 atom stereocenters. The van der Waals surface area contributed by atoms with Gasteiger partial charge in [-0.1, -0.05) is 0 Å². The first-order valence-corrected chi connectivity index (χ1v) is 7.16. The van der Waals surface area contributed by atoms with Crippen molar-refractivity contribution >= 4 is 21.6 Å². The quantitative estimate of drug-likeness (QED) is 0.258. The predicted molar refractivity (Wildman–Crippen MR) is 72.1 cm³/mol. The van der Waals surface area contributed by atoms with Gasteiger partial charge < -0.3 is 15.5 Å². The van der Waals surface area contributed by atoms with Crippen LogP contribution in [-0.4, -0.2) is 46.1 Å². The first-order chi connectivity index (χ1) is 9.51. The number of nitrogen functional groups attached to an aromatic ring is 1. The lowest BCUT2D eigenvalue weighted by molar-refractivity contribution is -0.120. The topological polar surface area (TPSA) is 135 Å². The molecule has 0 saturated carbocycles. The number of nitrogens with two attached hydrogens (primary N) is 1. The van der Waals surface area contributed by atoms with Gasteiger partial charge in [0.05, 0.1) is 18.8 Å². The van der Waals surface area contributed by atoms with Crippen molar-refractivity contribution in [2.75, 3.05) is 32.2 Å². The number of hydrogen-bond acceptors (Lipinski definition) is 7. The van der Waals surface area contributed by atoms with E-state index >= 15 is 0 Å². The number of ether oxygens (including phenoxy) is 1. The summed E-state index contributed by atoms with van der Waals surface area (Å²) in [6, 6.07) is 2.99. The molecule has 9 nitrogen and oxygen atoms in total. The Labute approximate surface area is 116 Å². The van der Waals surface area contributed by atoms with Gasteiger partial charge in [-0.3, -0.25) is 10.6 Å². The Bertz CT molecular complexity index is 548. The van der Waals surface area contributed by atoms with E-state index in [-0.39, 0.29) is 10.7 Å². The molecule has 1 rings (SSSR count). The number of hydrogen-bond donors (Lipinski definition) is 4. The number of nitrogens with one attached hydrogen (secondary N) is 3. The van der Waals surface area contributed by atoms with Gasteiger partial charge in [0.15, 0.2) is 5.03 Å². The van der Waals surface area contributed by atoms with Crippen molar-refractivity contribution in [1.29, 1.82) is 0 Å². The zero-order chi connectivity index (χ0) is 15.0. The summed E-state index contributed by atoms with van der Waals surface area (Å²) in [5, 5.41) is 2.21. The number of rotatable bonds is 8. The van der Waals surface area contributed by atoms with Crippen LogP contribution in [0.15, 0.2) is 23.4 Å². The smallest absolute Gasteiger partial charge is 0.260 e. The monoisotopic (exact) mass is 303 g/mol. The highest BCUT2D eigenvalue weighted by molar-refractivity contribution is 7.89. The van der Waals surface area contributed by atoms with Crippen molar-refractivity contribution < 1.29 is 17.9 Å². The minimum atomic E-state index is -3.92. The normalized spacial score (nSPS) is 11.1. The zero-order valence-electron chi connectivity index (χ0n) is 10.9. The van der Waals surface area contributed by atoms with E-state index in [1.54, 1.807) is 0 Å². The largest absolute Gasteiger partial charge is 0.383 e. The Morgan fingerprint density at radius 2 is 2.25 bits per heavy atom. The molecule has 0 aromatic carbocycles. The van der Waals surface area contributed by atoms with Crippen molar-refractivity contribution in [2.24, 2.45) is 5.84 Å². The first-order valence-electron chi connectivity index (χ1n) is 5.68. The van der Waals surface area contributed by atoms with Gasteiger partial charge in [0.1, 0.15) is 0 Å². The van der Waals surface area contributed by atoms with Crippen molar-refractivity contribution in [3.05, 3.63) is 18.3 Å². The van der Waals surface area contributed by atoms with Crippen LogP contribution in [0.2, 0.25) is 0 Å². The number of amides is 1. The molecule has 1 aromatic heterocycles. The van der Waals surface area contributed by atoms with E-state index in [2.05, 4.69) is 20.4 Å². The fourth-order valence-corrected chi connectivity index (χ4v) is 2.37. The van der Waals surface area contributed by atoms with Gasteiger partial charge in [-0.2, -0.15) is 0 Å². The van der Waals surface area contributed by atoms with Crippen LogP contribution in [0.1, 0.15) is 0 Å². The van der Waals surface area contributed by atoms with Crippen LogP contribution in [0.25, 0.3) is 0 Å². The lowest BCUT2D eigenvalue weighted by Gasteiger charge is -2.09. The summed E-state index contributed by atoms with van der Waals surface area (Å²) in [5.41, 5.74) is 2.37. The molecule has 0 aliphatic heterocycles. The minimum absolute atomic E-state index is 0.139. The number of pyridine rings is 1. The molecule has 0 radical (unpaired) electrons. The van der Waals surface area contributed by atoms with Gasteiger partial charge >= 0.3 is 0 Å². The van der Waals surface area contributed by atoms with Crippen molar-refractivity contribution in [3.8, 4) is 0 Å². The highest BCUT2D eigenvalue weighted by atomic mass is 32.2. The average Bonchev–Trinajstić information content (AvgIpc) is 2.45. The van der Waals surface area contributed by atoms with E-state index < -0.39 is 22.5 Å². The molecule has 0 saturated heterocycles. The van der Waals surface area contributed by atoms with Crippen LogP contribution in [0, 0.1) is 0 Å². The maximum Gasteiger partial charge on any atom is 0.260 e. The second-order valence-corrected chi connectivity index (χ2v) is 5.35. The molecule has 1 heterocycles. The third kappa shape index (κ3) is 4.74. The Hall–Kier alpha value is -1.75. The summed E-state index contributed by atoms with van der Waals surface area (Å²) in [7, 11) is -2.43. The summed E-state index contributed by atoms with van der Waals surface area (Å²) in [6.45, 7) is 0.253. The van der Waals surface area contributed by atoms with Crippen LogP contribution >= 0.6 is 0 Å². The predicted octanol–water partition coefficient (Wildman–Crippen LogP) is -1.59. The Balaban J connectivity index is 2.64. The molecule has 1 aromatic rings. The van der Waals surface area contributed by atoms with Gasteiger partial charge in [0.2, 0.25) is 5.91 Å². The van der Waals surface area contributed by atoms with Crippen LogP contribution < -0.4 is 21.3 Å². The van der Waals surface area contributed by atoms with E-state index in [1.165, 1.54) is 25.4 Å². The van der Waals surface area contributed by atoms with Gasteiger partial charge in [-0.15, -0.1) is 0 Å². The van der Waals surface area contributed by atoms with E-state index in [4.69, 9.17) is 10.6 Å². The number of aromatic nitrogens is 1. The molecule has 0 spiro atoms. The van der Waals surface area contributed by atoms with Crippen LogP contribution in [0.4, 0.5) is 5.69 Å². The molecule has 20 heavy (non-hydrogen) atoms. The second-order valence-electron chi connectivity index (χ2n) is 3.67. The zero-order valence-corrected chi connectivity index (χ0v) is 11.7. The van der Waals surface area contributed by atoms with Crippen LogP contribution in [0.5, 0.6) is 0 Å². The Morgan fingerprint density at radius 3 is 2.90 bits per heavy atom. The molecule has 0 aliphatic carbocycles. The summed E-state index contributed by atoms with van der Waals surface area (Å²) in [6.07, 6.45) is 1.31. The van der Waals surface area contributed by atoms with Gasteiger partial charge in [0, 0.05) is 19.9 Å². The second kappa shape index (κ2) is 7.75. The van der Waals surface area contributed by atoms with Crippen molar-refractivity contribution in [2.45, 2.75) is 5.03 Å². The molecular formula is C10H17N5O4S. The number of hydrazine groups is 1. The van der Waals surface area contributed by atoms with Gasteiger partial charge in [-0.25, -0.2) is 18.1 Å². The summed E-state index contributed by atoms with van der Waals surface area (Å²) in [4.78, 5) is 15.1. The van der Waals surface area contributed by atoms with E-state index in [9.17, 15) is 13.2 Å². The van der Waals surface area contributed by atoms with Crippen LogP contribution in [-0.2, 0) is 19.6 Å². The van der Waals surface area contributed by atoms with Crippen molar-refractivity contribution in [1.82, 2.24) is 15.0 Å². The number of anilines is 1. The molecule has 0 bridgehead atoms. The van der Waals surface area contributed by atoms with Crippen LogP contribution in [0.3, 0.4) is 0 Å².